The molecule has 0 radical (unpaired) electrons. The normalized spacial score (nSPS) is 10.3. The number of rotatable bonds is 1. The van der Waals surface area contributed by atoms with Gasteiger partial charge in [-0.3, -0.25) is 5.10 Å². The van der Waals surface area contributed by atoms with Crippen molar-refractivity contribution in [3.63, 3.8) is 0 Å². The SMILES string of the molecule is S=c1nc(-c2c(Cl)cccc2Cl)cn[nH]1. The third-order valence-electron chi connectivity index (χ3n) is 1.79. The van der Waals surface area contributed by atoms with Gasteiger partial charge in [-0.1, -0.05) is 29.3 Å². The molecule has 1 N–H and O–H groups in total. The van der Waals surface area contributed by atoms with E-state index in [0.29, 0.717) is 26.1 Å². The van der Waals surface area contributed by atoms with Gasteiger partial charge in [-0.15, -0.1) is 0 Å². The molecule has 0 bridgehead atoms. The summed E-state index contributed by atoms with van der Waals surface area (Å²) in [5, 5.41) is 7.43. The Morgan fingerprint density at radius 1 is 1.20 bits per heavy atom. The molecule has 0 saturated heterocycles. The summed E-state index contributed by atoms with van der Waals surface area (Å²) in [5.41, 5.74) is 1.21. The third-order valence-corrected chi connectivity index (χ3v) is 2.60. The molecule has 15 heavy (non-hydrogen) atoms. The van der Waals surface area contributed by atoms with Crippen molar-refractivity contribution in [1.29, 1.82) is 0 Å². The van der Waals surface area contributed by atoms with Crippen molar-refractivity contribution in [1.82, 2.24) is 15.2 Å². The molecule has 2 aromatic rings. The second-order valence-corrected chi connectivity index (χ2v) is 3.97. The standard InChI is InChI=1S/C9H5Cl2N3S/c10-5-2-1-3-6(11)8(5)7-4-12-14-9(15)13-7/h1-4H,(H,13,14,15). The predicted octanol–water partition coefficient (Wildman–Crippen LogP) is 3.51. The van der Waals surface area contributed by atoms with E-state index in [-0.39, 0.29) is 0 Å². The minimum atomic E-state index is 0.295. The second-order valence-electron chi connectivity index (χ2n) is 2.77. The van der Waals surface area contributed by atoms with Gasteiger partial charge in [-0.05, 0) is 24.4 Å². The van der Waals surface area contributed by atoms with Crippen LogP contribution in [0.3, 0.4) is 0 Å². The van der Waals surface area contributed by atoms with Crippen LogP contribution in [-0.4, -0.2) is 15.2 Å². The first-order chi connectivity index (χ1) is 7.18. The van der Waals surface area contributed by atoms with Gasteiger partial charge in [0.1, 0.15) is 0 Å². The van der Waals surface area contributed by atoms with Gasteiger partial charge in [-0.25, -0.2) is 4.98 Å². The molecule has 0 saturated carbocycles. The number of hydrogen-bond acceptors (Lipinski definition) is 3. The van der Waals surface area contributed by atoms with E-state index in [9.17, 15) is 0 Å². The van der Waals surface area contributed by atoms with Gasteiger partial charge in [0.2, 0.25) is 4.77 Å². The lowest BCUT2D eigenvalue weighted by molar-refractivity contribution is 0.953. The summed E-state index contributed by atoms with van der Waals surface area (Å²) < 4.78 is 0.295. The van der Waals surface area contributed by atoms with Gasteiger partial charge in [0.15, 0.2) is 0 Å². The average Bonchev–Trinajstić information content (AvgIpc) is 2.17. The minimum Gasteiger partial charge on any atom is -0.252 e. The van der Waals surface area contributed by atoms with Crippen molar-refractivity contribution in [2.24, 2.45) is 0 Å². The highest BCUT2D eigenvalue weighted by molar-refractivity contribution is 7.71. The van der Waals surface area contributed by atoms with Crippen LogP contribution in [-0.2, 0) is 0 Å². The van der Waals surface area contributed by atoms with Gasteiger partial charge < -0.3 is 0 Å². The molecule has 0 unspecified atom stereocenters. The van der Waals surface area contributed by atoms with E-state index in [1.54, 1.807) is 18.2 Å². The fraction of sp³-hybridized carbons (Fsp3) is 0. The molecule has 0 amide bonds. The van der Waals surface area contributed by atoms with Crippen molar-refractivity contribution in [2.75, 3.05) is 0 Å². The Kier molecular flexibility index (Phi) is 3.00. The lowest BCUT2D eigenvalue weighted by atomic mass is 10.1. The number of halogens is 2. The summed E-state index contributed by atoms with van der Waals surface area (Å²) in [7, 11) is 0. The predicted molar refractivity (Wildman–Crippen MR) is 62.7 cm³/mol. The van der Waals surface area contributed by atoms with Crippen molar-refractivity contribution in [3.05, 3.63) is 39.2 Å². The Morgan fingerprint density at radius 3 is 2.47 bits per heavy atom. The lowest BCUT2D eigenvalue weighted by Gasteiger charge is -2.04. The fourth-order valence-electron chi connectivity index (χ4n) is 1.17. The number of nitrogens with one attached hydrogen (secondary N) is 1. The van der Waals surface area contributed by atoms with Crippen LogP contribution in [0, 0.1) is 4.77 Å². The topological polar surface area (TPSA) is 41.6 Å². The summed E-state index contributed by atoms with van der Waals surface area (Å²) in [4.78, 5) is 4.09. The van der Waals surface area contributed by atoms with Crippen molar-refractivity contribution in [2.45, 2.75) is 0 Å². The quantitative estimate of drug-likeness (QED) is 0.796. The smallest absolute Gasteiger partial charge is 0.214 e. The molecule has 0 aliphatic heterocycles. The highest BCUT2D eigenvalue weighted by Gasteiger charge is 2.09. The zero-order valence-corrected chi connectivity index (χ0v) is 9.70. The molecule has 2 rings (SSSR count). The largest absolute Gasteiger partial charge is 0.252 e. The lowest BCUT2D eigenvalue weighted by Crippen LogP contribution is -1.91. The van der Waals surface area contributed by atoms with Gasteiger partial charge in [-0.2, -0.15) is 5.10 Å². The molecule has 1 aromatic heterocycles. The van der Waals surface area contributed by atoms with E-state index < -0.39 is 0 Å². The number of nitrogens with zero attached hydrogens (tertiary/aromatic N) is 2. The maximum atomic E-state index is 6.02. The van der Waals surface area contributed by atoms with Crippen LogP contribution in [0.15, 0.2) is 24.4 Å². The fourth-order valence-corrected chi connectivity index (χ4v) is 1.92. The maximum Gasteiger partial charge on any atom is 0.214 e. The van der Waals surface area contributed by atoms with E-state index in [1.165, 1.54) is 6.20 Å². The molecule has 1 heterocycles. The number of H-pyrrole nitrogens is 1. The molecule has 0 atom stereocenters. The Hall–Kier alpha value is -0.970. The number of hydrogen-bond donors (Lipinski definition) is 1. The molecule has 0 spiro atoms. The highest BCUT2D eigenvalue weighted by atomic mass is 35.5. The van der Waals surface area contributed by atoms with Crippen molar-refractivity contribution in [3.8, 4) is 11.3 Å². The third kappa shape index (κ3) is 2.17. The van der Waals surface area contributed by atoms with Crippen molar-refractivity contribution < 1.29 is 0 Å². The summed E-state index contributed by atoms with van der Waals surface area (Å²) >= 11 is 16.9. The first-order valence-electron chi connectivity index (χ1n) is 4.04. The van der Waals surface area contributed by atoms with Gasteiger partial charge >= 0.3 is 0 Å². The molecule has 1 aromatic carbocycles. The summed E-state index contributed by atoms with van der Waals surface area (Å²) in [5.74, 6) is 0. The van der Waals surface area contributed by atoms with Gasteiger partial charge in [0.05, 0.1) is 21.9 Å². The van der Waals surface area contributed by atoms with E-state index in [4.69, 9.17) is 35.4 Å². The summed E-state index contributed by atoms with van der Waals surface area (Å²) in [6.45, 7) is 0. The summed E-state index contributed by atoms with van der Waals surface area (Å²) in [6, 6.07) is 5.25. The Bertz CT molecular complexity index is 533. The van der Waals surface area contributed by atoms with Crippen LogP contribution < -0.4 is 0 Å². The van der Waals surface area contributed by atoms with E-state index in [1.807, 2.05) is 0 Å². The van der Waals surface area contributed by atoms with Crippen LogP contribution in [0.1, 0.15) is 0 Å². The van der Waals surface area contributed by atoms with E-state index in [0.717, 1.165) is 0 Å². The van der Waals surface area contributed by atoms with Crippen LogP contribution in [0.5, 0.6) is 0 Å². The van der Waals surface area contributed by atoms with Crippen LogP contribution >= 0.6 is 35.4 Å². The molecule has 0 fully saturated rings. The molecule has 6 heteroatoms. The number of aromatic amines is 1. The summed E-state index contributed by atoms with van der Waals surface area (Å²) in [6.07, 6.45) is 1.53. The van der Waals surface area contributed by atoms with Gasteiger partial charge in [0, 0.05) is 5.56 Å². The molecular formula is C9H5Cl2N3S. The van der Waals surface area contributed by atoms with Crippen LogP contribution in [0.25, 0.3) is 11.3 Å². The van der Waals surface area contributed by atoms with E-state index in [2.05, 4.69) is 15.2 Å². The monoisotopic (exact) mass is 257 g/mol. The first-order valence-corrected chi connectivity index (χ1v) is 5.21. The number of benzene rings is 1. The van der Waals surface area contributed by atoms with Crippen LogP contribution in [0.2, 0.25) is 10.0 Å². The Morgan fingerprint density at radius 2 is 1.87 bits per heavy atom. The number of aromatic nitrogens is 3. The van der Waals surface area contributed by atoms with Crippen molar-refractivity contribution >= 4 is 35.4 Å². The maximum absolute atomic E-state index is 6.02. The Labute approximate surface area is 101 Å². The molecule has 0 aliphatic carbocycles. The second kappa shape index (κ2) is 4.26. The molecular weight excluding hydrogens is 253 g/mol. The molecule has 0 aliphatic rings. The van der Waals surface area contributed by atoms with Crippen LogP contribution in [0.4, 0.5) is 0 Å². The highest BCUT2D eigenvalue weighted by Crippen LogP contribution is 2.32. The Balaban J connectivity index is 2.69. The molecule has 3 nitrogen and oxygen atoms in total. The molecule has 76 valence electrons. The van der Waals surface area contributed by atoms with E-state index >= 15 is 0 Å². The average molecular weight is 258 g/mol. The minimum absolute atomic E-state index is 0.295. The first kappa shape index (κ1) is 10.5. The zero-order chi connectivity index (χ0) is 10.8. The van der Waals surface area contributed by atoms with Gasteiger partial charge in [0.25, 0.3) is 0 Å². The zero-order valence-electron chi connectivity index (χ0n) is 7.37.